The van der Waals surface area contributed by atoms with Crippen LogP contribution in [0, 0.1) is 23.2 Å². The quantitative estimate of drug-likeness (QED) is 0.378. The lowest BCUT2D eigenvalue weighted by Crippen LogP contribution is -2.47. The van der Waals surface area contributed by atoms with E-state index in [2.05, 4.69) is 16.0 Å². The van der Waals surface area contributed by atoms with Gasteiger partial charge >= 0.3 is 0 Å². The summed E-state index contributed by atoms with van der Waals surface area (Å²) in [5.41, 5.74) is 3.32. The van der Waals surface area contributed by atoms with Crippen LogP contribution in [0.4, 0.5) is 5.13 Å². The van der Waals surface area contributed by atoms with Crippen molar-refractivity contribution >= 4 is 28.3 Å². The molecule has 1 aromatic heterocycles. The molecule has 192 valence electrons. The van der Waals surface area contributed by atoms with Gasteiger partial charge in [-0.05, 0) is 86.2 Å². The molecule has 7 rings (SSSR count). The van der Waals surface area contributed by atoms with E-state index in [0.717, 1.165) is 41.0 Å². The molecule has 1 unspecified atom stereocenters. The number of carbonyl (C=O) groups is 2. The van der Waals surface area contributed by atoms with Crippen LogP contribution in [0.5, 0.6) is 0 Å². The minimum atomic E-state index is -0.682. The van der Waals surface area contributed by atoms with Gasteiger partial charge in [0.1, 0.15) is 6.04 Å². The predicted octanol–water partition coefficient (Wildman–Crippen LogP) is 6.18. The fourth-order valence-corrected chi connectivity index (χ4v) is 8.41. The zero-order valence-electron chi connectivity index (χ0n) is 21.4. The summed E-state index contributed by atoms with van der Waals surface area (Å²) in [6, 6.07) is 18.7. The first-order valence-electron chi connectivity index (χ1n) is 13.6. The molecule has 4 aliphatic rings. The Morgan fingerprint density at radius 3 is 1.97 bits per heavy atom. The van der Waals surface area contributed by atoms with Crippen molar-refractivity contribution in [1.82, 2.24) is 10.3 Å². The van der Waals surface area contributed by atoms with Crippen molar-refractivity contribution in [2.75, 3.05) is 5.32 Å². The van der Waals surface area contributed by atoms with E-state index in [1.807, 2.05) is 60.7 Å². The molecule has 2 N–H and O–H groups in total. The van der Waals surface area contributed by atoms with Gasteiger partial charge in [0, 0.05) is 5.38 Å². The second-order valence-corrected chi connectivity index (χ2v) is 12.6. The summed E-state index contributed by atoms with van der Waals surface area (Å²) in [7, 11) is 0. The second kappa shape index (κ2) is 10.1. The minimum Gasteiger partial charge on any atom is -0.344 e. The second-order valence-electron chi connectivity index (χ2n) is 11.7. The Hall–Kier alpha value is -2.99. The first kappa shape index (κ1) is 24.4. The highest BCUT2D eigenvalue weighted by Crippen LogP contribution is 2.61. The number of rotatable bonds is 8. The first-order valence-corrected chi connectivity index (χ1v) is 14.5. The maximum absolute atomic E-state index is 13.4. The highest BCUT2D eigenvalue weighted by Gasteiger charge is 2.50. The van der Waals surface area contributed by atoms with Gasteiger partial charge in [0.15, 0.2) is 5.13 Å². The van der Waals surface area contributed by atoms with E-state index in [-0.39, 0.29) is 11.8 Å². The highest BCUT2D eigenvalue weighted by atomic mass is 32.1. The third-order valence-corrected chi connectivity index (χ3v) is 9.59. The van der Waals surface area contributed by atoms with Crippen LogP contribution >= 0.6 is 11.3 Å². The summed E-state index contributed by atoms with van der Waals surface area (Å²) in [4.78, 5) is 31.2. The summed E-state index contributed by atoms with van der Waals surface area (Å²) in [5, 5.41) is 8.61. The van der Waals surface area contributed by atoms with Gasteiger partial charge in [-0.3, -0.25) is 9.59 Å². The van der Waals surface area contributed by atoms with Crippen LogP contribution < -0.4 is 10.6 Å². The van der Waals surface area contributed by atoms with Crippen LogP contribution in [-0.2, 0) is 16.0 Å². The molecule has 4 aliphatic carbocycles. The molecular weight excluding hydrogens is 478 g/mol. The third-order valence-electron chi connectivity index (χ3n) is 8.78. The first-order chi connectivity index (χ1) is 18.0. The molecule has 4 bridgehead atoms. The van der Waals surface area contributed by atoms with E-state index in [0.29, 0.717) is 10.5 Å². The van der Waals surface area contributed by atoms with Gasteiger partial charge in [-0.1, -0.05) is 60.7 Å². The molecule has 0 saturated heterocycles. The van der Waals surface area contributed by atoms with Crippen LogP contribution in [-0.4, -0.2) is 22.8 Å². The number of nitrogens with zero attached hydrogens (tertiary/aromatic N) is 1. The van der Waals surface area contributed by atoms with Gasteiger partial charge in [-0.2, -0.15) is 0 Å². The highest BCUT2D eigenvalue weighted by molar-refractivity contribution is 7.13. The molecular formula is C31H35N3O2S. The van der Waals surface area contributed by atoms with Gasteiger partial charge in [0.25, 0.3) is 0 Å². The Bertz CT molecular complexity index is 1180. The van der Waals surface area contributed by atoms with Crippen molar-refractivity contribution in [2.45, 2.75) is 63.8 Å². The van der Waals surface area contributed by atoms with Crippen molar-refractivity contribution in [3.05, 3.63) is 82.9 Å². The van der Waals surface area contributed by atoms with Gasteiger partial charge in [0.05, 0.1) is 11.6 Å². The minimum absolute atomic E-state index is 0.193. The smallest absolute Gasteiger partial charge is 0.248 e. The van der Waals surface area contributed by atoms with E-state index >= 15 is 0 Å². The number of hydrogen-bond acceptors (Lipinski definition) is 4. The van der Waals surface area contributed by atoms with E-state index in [1.54, 1.807) is 6.92 Å². The van der Waals surface area contributed by atoms with Crippen molar-refractivity contribution in [3.8, 4) is 0 Å². The van der Waals surface area contributed by atoms with E-state index in [9.17, 15) is 9.59 Å². The molecule has 6 heteroatoms. The number of thiazole rings is 1. The van der Waals surface area contributed by atoms with Gasteiger partial charge in [-0.25, -0.2) is 4.98 Å². The number of carbonyl (C=O) groups excluding carboxylic acids is 2. The van der Waals surface area contributed by atoms with Crippen LogP contribution in [0.3, 0.4) is 0 Å². The topological polar surface area (TPSA) is 71.1 Å². The van der Waals surface area contributed by atoms with E-state index < -0.39 is 12.0 Å². The zero-order valence-corrected chi connectivity index (χ0v) is 22.2. The van der Waals surface area contributed by atoms with Crippen LogP contribution in [0.2, 0.25) is 0 Å². The number of amides is 2. The molecule has 4 fully saturated rings. The lowest BCUT2D eigenvalue weighted by molar-refractivity contribution is -0.126. The number of hydrogen-bond donors (Lipinski definition) is 2. The number of benzene rings is 2. The van der Waals surface area contributed by atoms with Crippen molar-refractivity contribution < 1.29 is 9.59 Å². The molecule has 3 aromatic rings. The maximum atomic E-state index is 13.4. The number of anilines is 1. The fourth-order valence-electron chi connectivity index (χ4n) is 7.70. The number of aromatic nitrogens is 1. The molecule has 0 radical (unpaired) electrons. The molecule has 0 spiro atoms. The molecule has 1 heterocycles. The third kappa shape index (κ3) is 5.22. The van der Waals surface area contributed by atoms with Crippen LogP contribution in [0.15, 0.2) is 66.0 Å². The maximum Gasteiger partial charge on any atom is 0.248 e. The van der Waals surface area contributed by atoms with Gasteiger partial charge in [-0.15, -0.1) is 11.3 Å². The van der Waals surface area contributed by atoms with Crippen molar-refractivity contribution in [2.24, 2.45) is 23.2 Å². The molecule has 2 aromatic carbocycles. The summed E-state index contributed by atoms with van der Waals surface area (Å²) >= 11 is 1.49. The van der Waals surface area contributed by atoms with Crippen LogP contribution in [0.1, 0.15) is 68.2 Å². The Morgan fingerprint density at radius 1 is 0.892 bits per heavy atom. The molecule has 37 heavy (non-hydrogen) atoms. The zero-order chi connectivity index (χ0) is 25.4. The molecule has 5 nitrogen and oxygen atoms in total. The van der Waals surface area contributed by atoms with Gasteiger partial charge in [0.2, 0.25) is 11.8 Å². The molecule has 1 atom stereocenters. The summed E-state index contributed by atoms with van der Waals surface area (Å²) < 4.78 is 0. The predicted molar refractivity (Wildman–Crippen MR) is 147 cm³/mol. The average molecular weight is 514 g/mol. The Balaban J connectivity index is 1.09. The van der Waals surface area contributed by atoms with Crippen molar-refractivity contribution in [1.29, 1.82) is 0 Å². The largest absolute Gasteiger partial charge is 0.344 e. The Labute approximate surface area is 223 Å². The number of nitrogens with one attached hydrogen (secondary N) is 2. The SMILES string of the molecule is CC(NC(=O)C(c1ccccc1)c1ccccc1)C(=O)Nc1nc(CC23CC4CC(CC(C4)C2)C3)cs1. The fraction of sp³-hybridized carbons (Fsp3) is 0.452. The van der Waals surface area contributed by atoms with Crippen molar-refractivity contribution in [3.63, 3.8) is 0 Å². The van der Waals surface area contributed by atoms with E-state index in [1.165, 1.54) is 49.9 Å². The monoisotopic (exact) mass is 513 g/mol. The summed E-state index contributed by atoms with van der Waals surface area (Å²) in [6.07, 6.45) is 9.41. The Morgan fingerprint density at radius 2 is 1.43 bits per heavy atom. The average Bonchev–Trinajstić information content (AvgIpc) is 3.30. The summed E-state index contributed by atoms with van der Waals surface area (Å²) in [5.74, 6) is 1.84. The lowest BCUT2D eigenvalue weighted by atomic mass is 9.48. The Kier molecular flexibility index (Phi) is 6.62. The molecule has 2 amide bonds. The van der Waals surface area contributed by atoms with E-state index in [4.69, 9.17) is 4.98 Å². The summed E-state index contributed by atoms with van der Waals surface area (Å²) in [6.45, 7) is 1.73. The molecule has 4 saturated carbocycles. The normalized spacial score (nSPS) is 26.7. The van der Waals surface area contributed by atoms with Crippen LogP contribution in [0.25, 0.3) is 0 Å². The lowest BCUT2D eigenvalue weighted by Gasteiger charge is -2.56. The molecule has 0 aliphatic heterocycles. The van der Waals surface area contributed by atoms with Gasteiger partial charge < -0.3 is 10.6 Å². The standard InChI is InChI=1S/C31H35N3O2S/c1-20(32-29(36)27(24-8-4-2-5-9-24)25-10-6-3-7-11-25)28(35)34-30-33-26(19-37-30)18-31-15-21-12-22(16-31)14-23(13-21)17-31/h2-11,19-23,27H,12-18H2,1H3,(H,32,36)(H,33,34,35).